The van der Waals surface area contributed by atoms with Gasteiger partial charge in [-0.3, -0.25) is 9.59 Å². The van der Waals surface area contributed by atoms with Crippen LogP contribution in [0.3, 0.4) is 0 Å². The molecule has 0 bridgehead atoms. The molecule has 1 atom stereocenters. The highest BCUT2D eigenvalue weighted by molar-refractivity contribution is 5.94. The summed E-state index contributed by atoms with van der Waals surface area (Å²) in [7, 11) is 1.37. The molecule has 1 rings (SSSR count). The maximum absolute atomic E-state index is 11.6. The Balaban J connectivity index is 2.29. The monoisotopic (exact) mass is 323 g/mol. The Kier molecular flexibility index (Phi) is 7.76. The quantitative estimate of drug-likeness (QED) is 0.496. The fourth-order valence-corrected chi connectivity index (χ4v) is 1.82. The largest absolute Gasteiger partial charge is 0.494 e. The average molecular weight is 323 g/mol. The van der Waals surface area contributed by atoms with Crippen molar-refractivity contribution >= 4 is 17.7 Å². The van der Waals surface area contributed by atoms with Gasteiger partial charge in [0, 0.05) is 19.1 Å². The third-order valence-electron chi connectivity index (χ3n) is 3.04. The number of carbonyl (C=O) groups is 3. The molecule has 1 amide bonds. The van der Waals surface area contributed by atoms with Gasteiger partial charge in [0.2, 0.25) is 5.91 Å². The van der Waals surface area contributed by atoms with Crippen LogP contribution < -0.4 is 10.1 Å². The summed E-state index contributed by atoms with van der Waals surface area (Å²) in [5.41, 5.74) is 0.606. The lowest BCUT2D eigenvalue weighted by Crippen LogP contribution is -2.43. The van der Waals surface area contributed by atoms with E-state index in [9.17, 15) is 14.4 Å². The first-order valence-electron chi connectivity index (χ1n) is 7.19. The van der Waals surface area contributed by atoms with E-state index in [1.807, 2.05) is 0 Å². The third kappa shape index (κ3) is 6.92. The summed E-state index contributed by atoms with van der Waals surface area (Å²) >= 11 is 0. The number of carbonyl (C=O) groups excluding carboxylic acids is 2. The van der Waals surface area contributed by atoms with E-state index >= 15 is 0 Å². The summed E-state index contributed by atoms with van der Waals surface area (Å²) in [6.45, 7) is 1.72. The normalized spacial score (nSPS) is 11.6. The molecule has 1 unspecified atom stereocenters. The lowest BCUT2D eigenvalue weighted by Gasteiger charge is -2.13. The van der Waals surface area contributed by atoms with Crippen molar-refractivity contribution < 1.29 is 29.0 Å². The highest BCUT2D eigenvalue weighted by Crippen LogP contribution is 2.13. The molecule has 0 aromatic heterocycles. The smallest absolute Gasteiger partial charge is 0.328 e. The van der Waals surface area contributed by atoms with Crippen molar-refractivity contribution in [1.82, 2.24) is 5.32 Å². The Morgan fingerprint density at radius 1 is 1.22 bits per heavy atom. The number of nitrogens with one attached hydrogen (secondary N) is 1. The molecule has 0 aliphatic carbocycles. The number of carboxylic acids is 1. The molecule has 7 heteroatoms. The summed E-state index contributed by atoms with van der Waals surface area (Å²) in [5, 5.41) is 11.3. The summed E-state index contributed by atoms with van der Waals surface area (Å²) in [5.74, 6) is -0.914. The van der Waals surface area contributed by atoms with Gasteiger partial charge >= 0.3 is 5.97 Å². The minimum atomic E-state index is -1.14. The highest BCUT2D eigenvalue weighted by atomic mass is 16.5. The van der Waals surface area contributed by atoms with Crippen LogP contribution in [0, 0.1) is 0 Å². The molecule has 0 fully saturated rings. The van der Waals surface area contributed by atoms with Crippen molar-refractivity contribution in [3.63, 3.8) is 0 Å². The zero-order valence-electron chi connectivity index (χ0n) is 13.2. The van der Waals surface area contributed by atoms with E-state index in [0.29, 0.717) is 24.3 Å². The molecule has 0 radical (unpaired) electrons. The second kappa shape index (κ2) is 9.58. The first-order valence-corrected chi connectivity index (χ1v) is 7.19. The highest BCUT2D eigenvalue weighted by Gasteiger charge is 2.19. The first-order chi connectivity index (χ1) is 10.9. The second-order valence-corrected chi connectivity index (χ2v) is 4.95. The number of hydrogen-bond acceptors (Lipinski definition) is 5. The number of ketones is 1. The van der Waals surface area contributed by atoms with Crippen LogP contribution >= 0.6 is 0 Å². The Bertz CT molecular complexity index is 540. The molecule has 0 spiro atoms. The van der Waals surface area contributed by atoms with Crippen molar-refractivity contribution in [3.05, 3.63) is 29.8 Å². The van der Waals surface area contributed by atoms with Crippen molar-refractivity contribution in [3.8, 4) is 5.75 Å². The summed E-state index contributed by atoms with van der Waals surface area (Å²) < 4.78 is 10.2. The van der Waals surface area contributed by atoms with Gasteiger partial charge in [0.15, 0.2) is 11.8 Å². The van der Waals surface area contributed by atoms with Gasteiger partial charge in [-0.05, 0) is 37.6 Å². The minimum absolute atomic E-state index is 0.0164. The van der Waals surface area contributed by atoms with Crippen LogP contribution in [-0.2, 0) is 14.3 Å². The van der Waals surface area contributed by atoms with Crippen LogP contribution in [-0.4, -0.2) is 49.1 Å². The number of ether oxygens (including phenoxy) is 2. The fraction of sp³-hybridized carbons (Fsp3) is 0.438. The topological polar surface area (TPSA) is 102 Å². The van der Waals surface area contributed by atoms with Crippen LogP contribution in [0.25, 0.3) is 0 Å². The lowest BCUT2D eigenvalue weighted by molar-refractivity contribution is -0.143. The molecule has 0 heterocycles. The molecule has 0 saturated heterocycles. The zero-order valence-corrected chi connectivity index (χ0v) is 13.2. The fourth-order valence-electron chi connectivity index (χ4n) is 1.82. The number of aliphatic carboxylic acids is 1. The zero-order chi connectivity index (χ0) is 17.2. The SMILES string of the molecule is COCC(NC(=O)CCCOc1ccc(C(C)=O)cc1)C(=O)O. The van der Waals surface area contributed by atoms with Crippen LogP contribution in [0.5, 0.6) is 5.75 Å². The van der Waals surface area contributed by atoms with E-state index in [2.05, 4.69) is 5.32 Å². The van der Waals surface area contributed by atoms with Crippen molar-refractivity contribution in [2.45, 2.75) is 25.8 Å². The predicted octanol–water partition coefficient (Wildman–Crippen LogP) is 1.26. The Hall–Kier alpha value is -2.41. The summed E-state index contributed by atoms with van der Waals surface area (Å²) in [6, 6.07) is 5.68. The summed E-state index contributed by atoms with van der Waals surface area (Å²) in [4.78, 5) is 33.7. The molecule has 7 nitrogen and oxygen atoms in total. The number of methoxy groups -OCH3 is 1. The van der Waals surface area contributed by atoms with Crippen molar-refractivity contribution in [2.75, 3.05) is 20.3 Å². The first kappa shape index (κ1) is 18.6. The van der Waals surface area contributed by atoms with Crippen LogP contribution in [0.2, 0.25) is 0 Å². The average Bonchev–Trinajstić information content (AvgIpc) is 2.51. The number of benzene rings is 1. The van der Waals surface area contributed by atoms with Crippen LogP contribution in [0.4, 0.5) is 0 Å². The number of rotatable bonds is 10. The number of hydrogen-bond donors (Lipinski definition) is 2. The van der Waals surface area contributed by atoms with Gasteiger partial charge < -0.3 is 19.9 Å². The van der Waals surface area contributed by atoms with E-state index in [1.54, 1.807) is 24.3 Å². The molecule has 1 aromatic carbocycles. The lowest BCUT2D eigenvalue weighted by atomic mass is 10.1. The molecule has 0 aliphatic heterocycles. The Labute approximate surface area is 134 Å². The number of Topliss-reactive ketones (excluding diaryl/α,β-unsaturated/α-hetero) is 1. The van der Waals surface area contributed by atoms with Crippen molar-refractivity contribution in [2.24, 2.45) is 0 Å². The maximum atomic E-state index is 11.6. The molecule has 1 aromatic rings. The van der Waals surface area contributed by atoms with E-state index in [4.69, 9.17) is 14.6 Å². The van der Waals surface area contributed by atoms with Crippen molar-refractivity contribution in [1.29, 1.82) is 0 Å². The Morgan fingerprint density at radius 3 is 2.39 bits per heavy atom. The molecular formula is C16H21NO6. The van der Waals surface area contributed by atoms with Gasteiger partial charge in [0.1, 0.15) is 5.75 Å². The molecule has 126 valence electrons. The van der Waals surface area contributed by atoms with E-state index in [-0.39, 0.29) is 24.7 Å². The van der Waals surface area contributed by atoms with E-state index in [1.165, 1.54) is 14.0 Å². The molecule has 0 saturated carbocycles. The van der Waals surface area contributed by atoms with Crippen LogP contribution in [0.15, 0.2) is 24.3 Å². The standard InChI is InChI=1S/C16H21NO6/c1-11(18)12-5-7-13(8-6-12)23-9-3-4-15(19)17-14(10-22-2)16(20)21/h5-8,14H,3-4,9-10H2,1-2H3,(H,17,19)(H,20,21). The van der Waals surface area contributed by atoms with Crippen LogP contribution in [0.1, 0.15) is 30.1 Å². The third-order valence-corrected chi connectivity index (χ3v) is 3.04. The van der Waals surface area contributed by atoms with Gasteiger partial charge in [-0.1, -0.05) is 0 Å². The van der Waals surface area contributed by atoms with Gasteiger partial charge in [0.25, 0.3) is 0 Å². The molecular weight excluding hydrogens is 302 g/mol. The molecule has 23 heavy (non-hydrogen) atoms. The van der Waals surface area contributed by atoms with E-state index < -0.39 is 12.0 Å². The van der Waals surface area contributed by atoms with Gasteiger partial charge in [0.05, 0.1) is 13.2 Å². The predicted molar refractivity (Wildman–Crippen MR) is 82.6 cm³/mol. The maximum Gasteiger partial charge on any atom is 0.328 e. The number of carboxylic acid groups (broad SMARTS) is 1. The second-order valence-electron chi connectivity index (χ2n) is 4.95. The van der Waals surface area contributed by atoms with Gasteiger partial charge in [-0.25, -0.2) is 4.79 Å². The van der Waals surface area contributed by atoms with Gasteiger partial charge in [-0.2, -0.15) is 0 Å². The molecule has 0 aliphatic rings. The summed E-state index contributed by atoms with van der Waals surface area (Å²) in [6.07, 6.45) is 0.596. The molecule has 2 N–H and O–H groups in total. The Morgan fingerprint density at radius 2 is 1.87 bits per heavy atom. The van der Waals surface area contributed by atoms with E-state index in [0.717, 1.165) is 0 Å². The number of amides is 1. The minimum Gasteiger partial charge on any atom is -0.494 e. The van der Waals surface area contributed by atoms with Gasteiger partial charge in [-0.15, -0.1) is 0 Å².